The smallest absolute Gasteiger partial charge is 0.273 e. The van der Waals surface area contributed by atoms with Crippen molar-refractivity contribution in [1.29, 1.82) is 0 Å². The largest absolute Gasteiger partial charge is 0.355 e. The van der Waals surface area contributed by atoms with Crippen LogP contribution in [0.2, 0.25) is 0 Å². The summed E-state index contributed by atoms with van der Waals surface area (Å²) in [4.78, 5) is 12.2. The molecule has 6 heteroatoms. The fourth-order valence-electron chi connectivity index (χ4n) is 2.36. The highest BCUT2D eigenvalue weighted by molar-refractivity contribution is 5.93. The van der Waals surface area contributed by atoms with E-state index in [0.29, 0.717) is 12.2 Å². The summed E-state index contributed by atoms with van der Waals surface area (Å²) in [5, 5.41) is 13.8. The van der Waals surface area contributed by atoms with Gasteiger partial charge in [-0.3, -0.25) is 9.89 Å². The molecule has 0 saturated heterocycles. The van der Waals surface area contributed by atoms with E-state index in [-0.39, 0.29) is 17.6 Å². The number of aromatic amines is 1. The van der Waals surface area contributed by atoms with Crippen molar-refractivity contribution in [3.05, 3.63) is 59.5 Å². The first-order valence-electron chi connectivity index (χ1n) is 7.45. The zero-order chi connectivity index (χ0) is 16.2. The molecule has 3 aromatic rings. The Morgan fingerprint density at radius 1 is 1.30 bits per heavy atom. The van der Waals surface area contributed by atoms with Gasteiger partial charge in [-0.15, -0.1) is 0 Å². The average molecular weight is 310 g/mol. The molecule has 1 atom stereocenters. The van der Waals surface area contributed by atoms with E-state index in [9.17, 15) is 4.79 Å². The summed E-state index contributed by atoms with van der Waals surface area (Å²) in [6.45, 7) is 3.88. The third kappa shape index (κ3) is 3.66. The van der Waals surface area contributed by atoms with E-state index in [4.69, 9.17) is 4.52 Å². The summed E-state index contributed by atoms with van der Waals surface area (Å²) in [5.41, 5.74) is 3.08. The van der Waals surface area contributed by atoms with Crippen molar-refractivity contribution in [2.45, 2.75) is 26.3 Å². The van der Waals surface area contributed by atoms with Crippen molar-refractivity contribution in [3.63, 3.8) is 0 Å². The summed E-state index contributed by atoms with van der Waals surface area (Å²) in [7, 11) is 0. The summed E-state index contributed by atoms with van der Waals surface area (Å²) in [6.07, 6.45) is 0.652. The lowest BCUT2D eigenvalue weighted by Crippen LogP contribution is -2.34. The van der Waals surface area contributed by atoms with Crippen molar-refractivity contribution < 1.29 is 9.32 Å². The number of benzene rings is 1. The van der Waals surface area contributed by atoms with Gasteiger partial charge in [-0.2, -0.15) is 5.10 Å². The number of nitrogens with zero attached hydrogens (tertiary/aromatic N) is 2. The third-order valence-corrected chi connectivity index (χ3v) is 3.45. The first kappa shape index (κ1) is 15.0. The Morgan fingerprint density at radius 3 is 2.78 bits per heavy atom. The summed E-state index contributed by atoms with van der Waals surface area (Å²) >= 11 is 0. The molecule has 0 spiro atoms. The monoisotopic (exact) mass is 310 g/mol. The Labute approximate surface area is 133 Å². The number of H-pyrrole nitrogens is 1. The number of amides is 1. The second-order valence-electron chi connectivity index (χ2n) is 5.56. The molecule has 0 fully saturated rings. The van der Waals surface area contributed by atoms with Crippen LogP contribution in [0.25, 0.3) is 11.3 Å². The van der Waals surface area contributed by atoms with Crippen molar-refractivity contribution >= 4 is 5.91 Å². The number of carbonyl (C=O) groups excluding carboxylic acids is 1. The molecule has 118 valence electrons. The van der Waals surface area contributed by atoms with Crippen LogP contribution in [-0.2, 0) is 6.42 Å². The molecule has 1 amide bonds. The molecule has 1 aromatic carbocycles. The molecular weight excluding hydrogens is 292 g/mol. The maximum atomic E-state index is 12.2. The Morgan fingerprint density at radius 2 is 2.09 bits per heavy atom. The highest BCUT2D eigenvalue weighted by atomic mass is 16.5. The summed E-state index contributed by atoms with van der Waals surface area (Å²) in [6, 6.07) is 13.1. The fourth-order valence-corrected chi connectivity index (χ4v) is 2.36. The Bertz CT molecular complexity index is 792. The predicted octanol–water partition coefficient (Wildman–Crippen LogP) is 2.73. The van der Waals surface area contributed by atoms with Gasteiger partial charge in [0.25, 0.3) is 5.91 Å². The maximum Gasteiger partial charge on any atom is 0.273 e. The van der Waals surface area contributed by atoms with Crippen molar-refractivity contribution in [2.24, 2.45) is 0 Å². The minimum absolute atomic E-state index is 0.0536. The van der Waals surface area contributed by atoms with Gasteiger partial charge in [-0.1, -0.05) is 35.5 Å². The van der Waals surface area contributed by atoms with E-state index in [1.807, 2.05) is 50.2 Å². The number of carbonyl (C=O) groups is 1. The third-order valence-electron chi connectivity index (χ3n) is 3.45. The number of hydrogen-bond acceptors (Lipinski definition) is 4. The lowest BCUT2D eigenvalue weighted by atomic mass is 10.1. The van der Waals surface area contributed by atoms with E-state index in [0.717, 1.165) is 17.0 Å². The molecule has 2 N–H and O–H groups in total. The lowest BCUT2D eigenvalue weighted by Gasteiger charge is -2.10. The normalized spacial score (nSPS) is 12.1. The van der Waals surface area contributed by atoms with Gasteiger partial charge in [0, 0.05) is 29.8 Å². The highest BCUT2D eigenvalue weighted by Gasteiger charge is 2.16. The van der Waals surface area contributed by atoms with E-state index < -0.39 is 0 Å². The Kier molecular flexibility index (Phi) is 4.23. The molecule has 23 heavy (non-hydrogen) atoms. The van der Waals surface area contributed by atoms with Crippen LogP contribution in [0.1, 0.15) is 28.8 Å². The first-order valence-corrected chi connectivity index (χ1v) is 7.45. The summed E-state index contributed by atoms with van der Waals surface area (Å²) in [5.74, 6) is 0.321. The second-order valence-corrected chi connectivity index (χ2v) is 5.56. The first-order chi connectivity index (χ1) is 11.1. The minimum Gasteiger partial charge on any atom is -0.355 e. The standard InChI is InChI=1S/C17H18N4O2/c1-11(8-14-9-12(2)19-20-14)18-17(22)15-10-16(23-21-15)13-6-4-3-5-7-13/h3-7,9-11H,8H2,1-2H3,(H,18,22)(H,19,20)/t11-/m1/s1. The lowest BCUT2D eigenvalue weighted by molar-refractivity contribution is 0.0931. The molecule has 0 unspecified atom stereocenters. The zero-order valence-corrected chi connectivity index (χ0v) is 13.0. The molecule has 0 radical (unpaired) electrons. The minimum atomic E-state index is -0.254. The molecule has 0 aliphatic rings. The summed E-state index contributed by atoms with van der Waals surface area (Å²) < 4.78 is 5.25. The number of nitrogens with one attached hydrogen (secondary N) is 2. The van der Waals surface area contributed by atoms with Gasteiger partial charge in [0.2, 0.25) is 0 Å². The van der Waals surface area contributed by atoms with E-state index in [1.54, 1.807) is 6.07 Å². The molecular formula is C17H18N4O2. The van der Waals surface area contributed by atoms with E-state index in [1.165, 1.54) is 0 Å². The van der Waals surface area contributed by atoms with Crippen molar-refractivity contribution in [3.8, 4) is 11.3 Å². The van der Waals surface area contributed by atoms with Crippen LogP contribution in [0, 0.1) is 6.92 Å². The molecule has 6 nitrogen and oxygen atoms in total. The van der Waals surface area contributed by atoms with Crippen LogP contribution >= 0.6 is 0 Å². The molecule has 2 heterocycles. The van der Waals surface area contributed by atoms with Gasteiger partial charge in [-0.25, -0.2) is 0 Å². The quantitative estimate of drug-likeness (QED) is 0.759. The van der Waals surface area contributed by atoms with Crippen molar-refractivity contribution in [2.75, 3.05) is 0 Å². The van der Waals surface area contributed by atoms with Crippen LogP contribution in [0.3, 0.4) is 0 Å². The zero-order valence-electron chi connectivity index (χ0n) is 13.0. The number of rotatable bonds is 5. The molecule has 0 saturated carbocycles. The van der Waals surface area contributed by atoms with Crippen molar-refractivity contribution in [1.82, 2.24) is 20.7 Å². The molecule has 0 aliphatic carbocycles. The molecule has 0 aliphatic heterocycles. The van der Waals surface area contributed by atoms with E-state index in [2.05, 4.69) is 20.7 Å². The van der Waals surface area contributed by atoms with Gasteiger partial charge in [0.1, 0.15) is 0 Å². The van der Waals surface area contributed by atoms with E-state index >= 15 is 0 Å². The van der Waals surface area contributed by atoms with Crippen LogP contribution < -0.4 is 5.32 Å². The SMILES string of the molecule is Cc1cc(C[C@@H](C)NC(=O)c2cc(-c3ccccc3)on2)n[nH]1. The highest BCUT2D eigenvalue weighted by Crippen LogP contribution is 2.19. The Balaban J connectivity index is 1.63. The maximum absolute atomic E-state index is 12.2. The van der Waals surface area contributed by atoms with Crippen LogP contribution in [-0.4, -0.2) is 27.3 Å². The van der Waals surface area contributed by atoms with Gasteiger partial charge in [0.05, 0.1) is 5.69 Å². The van der Waals surface area contributed by atoms with Crippen LogP contribution in [0.4, 0.5) is 0 Å². The topological polar surface area (TPSA) is 83.8 Å². The van der Waals surface area contributed by atoms with Crippen LogP contribution in [0.15, 0.2) is 47.0 Å². The number of aryl methyl sites for hydroxylation is 1. The van der Waals surface area contributed by atoms with Gasteiger partial charge in [0.15, 0.2) is 11.5 Å². The van der Waals surface area contributed by atoms with Crippen LogP contribution in [0.5, 0.6) is 0 Å². The second kappa shape index (κ2) is 6.48. The van der Waals surface area contributed by atoms with Gasteiger partial charge in [-0.05, 0) is 19.9 Å². The molecule has 0 bridgehead atoms. The molecule has 2 aromatic heterocycles. The average Bonchev–Trinajstić information content (AvgIpc) is 3.17. The Hall–Kier alpha value is -2.89. The fraction of sp³-hybridized carbons (Fsp3) is 0.235. The van der Waals surface area contributed by atoms with Gasteiger partial charge >= 0.3 is 0 Å². The molecule has 3 rings (SSSR count). The number of aromatic nitrogens is 3. The predicted molar refractivity (Wildman–Crippen MR) is 85.9 cm³/mol. The van der Waals surface area contributed by atoms with Gasteiger partial charge < -0.3 is 9.84 Å². The number of hydrogen-bond donors (Lipinski definition) is 2.